The van der Waals surface area contributed by atoms with Gasteiger partial charge >= 0.3 is 5.97 Å². The first-order valence-corrected chi connectivity index (χ1v) is 8.09. The van der Waals surface area contributed by atoms with Crippen LogP contribution in [0.15, 0.2) is 23.4 Å². The summed E-state index contributed by atoms with van der Waals surface area (Å²) in [5.74, 6) is -1.60. The van der Waals surface area contributed by atoms with Crippen LogP contribution in [0.3, 0.4) is 0 Å². The molecular formula is C10H13FN2O4S2. The molecule has 0 aliphatic heterocycles. The number of rotatable bonds is 7. The molecule has 0 fully saturated rings. The third-order valence-corrected chi connectivity index (χ3v) is 4.28. The number of nitrogens with zero attached hydrogens (tertiary/aromatic N) is 1. The molecule has 0 radical (unpaired) electrons. The Bertz CT molecular complexity index is 550. The largest absolute Gasteiger partial charge is 0.480 e. The molecule has 2 N–H and O–H groups in total. The van der Waals surface area contributed by atoms with E-state index in [-0.39, 0.29) is 6.42 Å². The van der Waals surface area contributed by atoms with Crippen LogP contribution in [0.25, 0.3) is 0 Å². The number of nitrogens with one attached hydrogen (secondary N) is 1. The maximum atomic E-state index is 12.9. The van der Waals surface area contributed by atoms with Crippen LogP contribution in [-0.2, 0) is 14.8 Å². The fourth-order valence-electron chi connectivity index (χ4n) is 1.26. The molecule has 1 unspecified atom stereocenters. The number of carbonyl (C=O) groups is 1. The summed E-state index contributed by atoms with van der Waals surface area (Å²) in [5, 5.41) is 8.94. The predicted molar refractivity (Wildman–Crippen MR) is 68.9 cm³/mol. The van der Waals surface area contributed by atoms with Gasteiger partial charge in [-0.25, -0.2) is 12.8 Å². The number of aromatic nitrogens is 1. The molecule has 0 aliphatic rings. The molecule has 9 heteroatoms. The van der Waals surface area contributed by atoms with Crippen LogP contribution in [0.5, 0.6) is 0 Å². The number of hydrogen-bond acceptors (Lipinski definition) is 5. The van der Waals surface area contributed by atoms with Gasteiger partial charge in [-0.1, -0.05) is 0 Å². The van der Waals surface area contributed by atoms with Crippen LogP contribution in [0.1, 0.15) is 6.42 Å². The average molecular weight is 308 g/mol. The van der Waals surface area contributed by atoms with E-state index in [4.69, 9.17) is 5.11 Å². The fourth-order valence-corrected chi connectivity index (χ4v) is 2.93. The summed E-state index contributed by atoms with van der Waals surface area (Å²) in [6.45, 7) is 0. The number of carboxylic acid groups (broad SMARTS) is 1. The maximum absolute atomic E-state index is 12.9. The van der Waals surface area contributed by atoms with Gasteiger partial charge in [-0.2, -0.15) is 16.5 Å². The molecule has 1 heterocycles. The van der Waals surface area contributed by atoms with Gasteiger partial charge in [-0.3, -0.25) is 9.78 Å². The summed E-state index contributed by atoms with van der Waals surface area (Å²) < 4.78 is 38.7. The van der Waals surface area contributed by atoms with Crippen molar-refractivity contribution in [3.05, 3.63) is 24.3 Å². The van der Waals surface area contributed by atoms with Crippen LogP contribution in [0.2, 0.25) is 0 Å². The molecule has 6 nitrogen and oxygen atoms in total. The molecule has 0 saturated carbocycles. The van der Waals surface area contributed by atoms with Crippen LogP contribution >= 0.6 is 11.8 Å². The molecule has 1 atom stereocenters. The van der Waals surface area contributed by atoms with Crippen LogP contribution < -0.4 is 4.72 Å². The van der Waals surface area contributed by atoms with Crippen molar-refractivity contribution in [1.29, 1.82) is 0 Å². The summed E-state index contributed by atoms with van der Waals surface area (Å²) in [7, 11) is -4.10. The second-order valence-corrected chi connectivity index (χ2v) is 6.33. The van der Waals surface area contributed by atoms with Crippen LogP contribution in [0.4, 0.5) is 4.39 Å². The molecule has 1 rings (SSSR count). The molecule has 106 valence electrons. The minimum absolute atomic E-state index is 0.137. The van der Waals surface area contributed by atoms with Gasteiger partial charge in [0, 0.05) is 6.20 Å². The first-order valence-electron chi connectivity index (χ1n) is 5.21. The molecule has 0 aromatic carbocycles. The Balaban J connectivity index is 2.91. The van der Waals surface area contributed by atoms with E-state index < -0.39 is 32.7 Å². The Morgan fingerprint density at radius 1 is 1.58 bits per heavy atom. The van der Waals surface area contributed by atoms with Crippen molar-refractivity contribution in [2.24, 2.45) is 0 Å². The zero-order valence-electron chi connectivity index (χ0n) is 10.0. The van der Waals surface area contributed by atoms with E-state index in [0.717, 1.165) is 18.5 Å². The Morgan fingerprint density at radius 3 is 2.79 bits per heavy atom. The lowest BCUT2D eigenvalue weighted by Gasteiger charge is -2.14. The normalized spacial score (nSPS) is 13.2. The lowest BCUT2D eigenvalue weighted by molar-refractivity contribution is -0.139. The first-order chi connectivity index (χ1) is 8.86. The van der Waals surface area contributed by atoms with E-state index in [1.807, 2.05) is 4.72 Å². The van der Waals surface area contributed by atoms with Gasteiger partial charge in [0.2, 0.25) is 10.0 Å². The second kappa shape index (κ2) is 6.83. The summed E-state index contributed by atoms with van der Waals surface area (Å²) in [6, 6.07) is -0.469. The number of aliphatic carboxylic acids is 1. The summed E-state index contributed by atoms with van der Waals surface area (Å²) >= 11 is 1.40. The number of thioether (sulfide) groups is 1. The molecule has 0 saturated heterocycles. The predicted octanol–water partition coefficient (Wildman–Crippen LogP) is 0.705. The zero-order valence-corrected chi connectivity index (χ0v) is 11.7. The number of carboxylic acids is 1. The Hall–Kier alpha value is -1.19. The maximum Gasteiger partial charge on any atom is 0.321 e. The number of halogens is 1. The highest BCUT2D eigenvalue weighted by Crippen LogP contribution is 2.11. The second-order valence-electron chi connectivity index (χ2n) is 3.63. The Labute approximate surface area is 114 Å². The van der Waals surface area contributed by atoms with Gasteiger partial charge in [-0.15, -0.1) is 0 Å². The number of sulfonamides is 1. The summed E-state index contributed by atoms with van der Waals surface area (Å²) in [6.07, 6.45) is 3.74. The van der Waals surface area contributed by atoms with Crippen molar-refractivity contribution in [2.45, 2.75) is 17.4 Å². The molecule has 0 bridgehead atoms. The number of pyridine rings is 1. The summed E-state index contributed by atoms with van der Waals surface area (Å²) in [4.78, 5) is 14.0. The first kappa shape index (κ1) is 15.9. The molecule has 19 heavy (non-hydrogen) atoms. The third kappa shape index (κ3) is 4.77. The van der Waals surface area contributed by atoms with Gasteiger partial charge < -0.3 is 5.11 Å². The van der Waals surface area contributed by atoms with Crippen LogP contribution in [0, 0.1) is 5.82 Å². The topological polar surface area (TPSA) is 96.4 Å². The Morgan fingerprint density at radius 2 is 2.26 bits per heavy atom. The molecule has 0 aliphatic carbocycles. The highest BCUT2D eigenvalue weighted by atomic mass is 32.2. The van der Waals surface area contributed by atoms with E-state index in [1.54, 1.807) is 6.26 Å². The van der Waals surface area contributed by atoms with E-state index >= 15 is 0 Å². The van der Waals surface area contributed by atoms with Gasteiger partial charge in [0.1, 0.15) is 16.8 Å². The zero-order chi connectivity index (χ0) is 14.5. The molecule has 1 aromatic rings. The lowest BCUT2D eigenvalue weighted by atomic mass is 10.2. The van der Waals surface area contributed by atoms with Crippen LogP contribution in [-0.4, -0.2) is 42.5 Å². The highest BCUT2D eigenvalue weighted by molar-refractivity contribution is 7.98. The lowest BCUT2D eigenvalue weighted by Crippen LogP contribution is -2.41. The third-order valence-electron chi connectivity index (χ3n) is 2.20. The average Bonchev–Trinajstić information content (AvgIpc) is 2.34. The monoisotopic (exact) mass is 308 g/mol. The van der Waals surface area contributed by atoms with Gasteiger partial charge in [0.05, 0.1) is 6.20 Å². The van der Waals surface area contributed by atoms with E-state index in [1.165, 1.54) is 11.8 Å². The summed E-state index contributed by atoms with van der Waals surface area (Å²) in [5.41, 5.74) is 0. The minimum Gasteiger partial charge on any atom is -0.480 e. The fraction of sp³-hybridized carbons (Fsp3) is 0.400. The van der Waals surface area contributed by atoms with Gasteiger partial charge in [0.25, 0.3) is 0 Å². The minimum atomic E-state index is -4.10. The van der Waals surface area contributed by atoms with Crippen molar-refractivity contribution in [3.8, 4) is 0 Å². The van der Waals surface area contributed by atoms with Gasteiger partial charge in [0.15, 0.2) is 0 Å². The van der Waals surface area contributed by atoms with Crippen molar-refractivity contribution in [2.75, 3.05) is 12.0 Å². The Kier molecular flexibility index (Phi) is 5.70. The van der Waals surface area contributed by atoms with Crippen molar-refractivity contribution < 1.29 is 22.7 Å². The molecular weight excluding hydrogens is 295 g/mol. The highest BCUT2D eigenvalue weighted by Gasteiger charge is 2.25. The van der Waals surface area contributed by atoms with E-state index in [0.29, 0.717) is 5.75 Å². The smallest absolute Gasteiger partial charge is 0.321 e. The molecule has 0 spiro atoms. The van der Waals surface area contributed by atoms with Crippen molar-refractivity contribution >= 4 is 27.8 Å². The molecule has 0 amide bonds. The van der Waals surface area contributed by atoms with E-state index in [9.17, 15) is 17.6 Å². The quantitative estimate of drug-likeness (QED) is 0.770. The van der Waals surface area contributed by atoms with E-state index in [2.05, 4.69) is 4.98 Å². The van der Waals surface area contributed by atoms with Gasteiger partial charge in [-0.05, 0) is 24.5 Å². The van der Waals surface area contributed by atoms with Crippen molar-refractivity contribution in [3.63, 3.8) is 0 Å². The molecule has 1 aromatic heterocycles. The SMILES string of the molecule is CSCCC(NS(=O)(=O)c1cncc(F)c1)C(=O)O. The van der Waals surface area contributed by atoms with Crippen molar-refractivity contribution in [1.82, 2.24) is 9.71 Å². The number of hydrogen-bond donors (Lipinski definition) is 2. The standard InChI is InChI=1S/C10H13FN2O4S2/c1-18-3-2-9(10(14)15)13-19(16,17)8-4-7(11)5-12-6-8/h4-6,9,13H,2-3H2,1H3,(H,14,15).